The standard InChI is InChI=1S/C11H17N3O4S/c1-7-8(6-12-13-7)19(17,18)14-9-4-3-5-11(9,2)10(15)16/h6,9,14H,3-5H2,1-2H3,(H,12,13)(H,15,16). The van der Waals surface area contributed by atoms with Gasteiger partial charge in [-0.15, -0.1) is 0 Å². The van der Waals surface area contributed by atoms with E-state index in [1.807, 2.05) is 0 Å². The smallest absolute Gasteiger partial charge is 0.310 e. The number of hydrogen-bond donors (Lipinski definition) is 3. The lowest BCUT2D eigenvalue weighted by molar-refractivity contribution is -0.148. The van der Waals surface area contributed by atoms with Crippen LogP contribution in [0.4, 0.5) is 0 Å². The molecular formula is C11H17N3O4S. The number of nitrogens with zero attached hydrogens (tertiary/aromatic N) is 1. The number of carboxylic acids is 1. The number of aromatic amines is 1. The topological polar surface area (TPSA) is 112 Å². The minimum atomic E-state index is -3.74. The molecule has 0 amide bonds. The Morgan fingerprint density at radius 2 is 2.32 bits per heavy atom. The van der Waals surface area contributed by atoms with Gasteiger partial charge in [-0.05, 0) is 26.7 Å². The molecular weight excluding hydrogens is 270 g/mol. The summed E-state index contributed by atoms with van der Waals surface area (Å²) in [5, 5.41) is 15.5. The first-order valence-electron chi connectivity index (χ1n) is 6.03. The number of aryl methyl sites for hydroxylation is 1. The molecule has 2 atom stereocenters. The maximum Gasteiger partial charge on any atom is 0.310 e. The molecule has 0 saturated heterocycles. The van der Waals surface area contributed by atoms with Crippen LogP contribution < -0.4 is 4.72 Å². The van der Waals surface area contributed by atoms with Crippen molar-refractivity contribution in [3.05, 3.63) is 11.9 Å². The summed E-state index contributed by atoms with van der Waals surface area (Å²) in [5.41, 5.74) is -0.618. The van der Waals surface area contributed by atoms with E-state index in [4.69, 9.17) is 0 Å². The first-order chi connectivity index (χ1) is 8.77. The molecule has 19 heavy (non-hydrogen) atoms. The summed E-state index contributed by atoms with van der Waals surface area (Å²) in [6.07, 6.45) is 2.92. The Labute approximate surface area is 111 Å². The van der Waals surface area contributed by atoms with E-state index in [-0.39, 0.29) is 4.90 Å². The number of carbonyl (C=O) groups is 1. The van der Waals surface area contributed by atoms with Crippen LogP contribution in [0.5, 0.6) is 0 Å². The van der Waals surface area contributed by atoms with Crippen LogP contribution in [0.3, 0.4) is 0 Å². The van der Waals surface area contributed by atoms with E-state index < -0.39 is 27.4 Å². The summed E-state index contributed by atoms with van der Waals surface area (Å²) >= 11 is 0. The first-order valence-corrected chi connectivity index (χ1v) is 7.51. The van der Waals surface area contributed by atoms with Crippen molar-refractivity contribution >= 4 is 16.0 Å². The number of rotatable bonds is 4. The van der Waals surface area contributed by atoms with Gasteiger partial charge in [0.1, 0.15) is 4.90 Å². The number of sulfonamides is 1. The molecule has 1 heterocycles. The van der Waals surface area contributed by atoms with Crippen LogP contribution in [0.1, 0.15) is 31.9 Å². The van der Waals surface area contributed by atoms with Crippen molar-refractivity contribution < 1.29 is 18.3 Å². The fourth-order valence-electron chi connectivity index (χ4n) is 2.47. The lowest BCUT2D eigenvalue weighted by Gasteiger charge is -2.27. The van der Waals surface area contributed by atoms with Crippen molar-refractivity contribution in [1.29, 1.82) is 0 Å². The van der Waals surface area contributed by atoms with Gasteiger partial charge in [0.2, 0.25) is 10.0 Å². The minimum Gasteiger partial charge on any atom is -0.481 e. The summed E-state index contributed by atoms with van der Waals surface area (Å²) in [7, 11) is -3.74. The molecule has 1 aliphatic carbocycles. The van der Waals surface area contributed by atoms with E-state index in [9.17, 15) is 18.3 Å². The molecule has 7 nitrogen and oxygen atoms in total. The number of aliphatic carboxylic acids is 1. The molecule has 8 heteroatoms. The fraction of sp³-hybridized carbons (Fsp3) is 0.636. The quantitative estimate of drug-likeness (QED) is 0.752. The highest BCUT2D eigenvalue weighted by Gasteiger charge is 2.47. The van der Waals surface area contributed by atoms with Crippen molar-refractivity contribution in [3.8, 4) is 0 Å². The Morgan fingerprint density at radius 1 is 1.63 bits per heavy atom. The van der Waals surface area contributed by atoms with Gasteiger partial charge >= 0.3 is 5.97 Å². The highest BCUT2D eigenvalue weighted by Crippen LogP contribution is 2.38. The molecule has 1 aliphatic rings. The zero-order valence-electron chi connectivity index (χ0n) is 10.8. The Hall–Kier alpha value is -1.41. The third-order valence-corrected chi connectivity index (χ3v) is 5.40. The summed E-state index contributed by atoms with van der Waals surface area (Å²) in [4.78, 5) is 11.4. The number of nitrogens with one attached hydrogen (secondary N) is 2. The van der Waals surface area contributed by atoms with Crippen LogP contribution in [-0.4, -0.2) is 35.7 Å². The minimum absolute atomic E-state index is 0.0622. The maximum atomic E-state index is 12.2. The molecule has 0 radical (unpaired) electrons. The van der Waals surface area contributed by atoms with Gasteiger partial charge in [0.25, 0.3) is 0 Å². The predicted octanol–water partition coefficient (Wildman–Crippen LogP) is 0.640. The molecule has 2 rings (SSSR count). The first kappa shape index (κ1) is 14.0. The maximum absolute atomic E-state index is 12.2. The molecule has 0 bridgehead atoms. The fourth-order valence-corrected chi connectivity index (χ4v) is 3.99. The van der Waals surface area contributed by atoms with Gasteiger partial charge in [-0.3, -0.25) is 9.89 Å². The third kappa shape index (κ3) is 2.37. The van der Waals surface area contributed by atoms with Crippen LogP contribution in [0, 0.1) is 12.3 Å². The lowest BCUT2D eigenvalue weighted by Crippen LogP contribution is -2.46. The van der Waals surface area contributed by atoms with Crippen molar-refractivity contribution in [2.24, 2.45) is 5.41 Å². The molecule has 2 unspecified atom stereocenters. The van der Waals surface area contributed by atoms with Gasteiger partial charge in [-0.1, -0.05) is 6.42 Å². The van der Waals surface area contributed by atoms with Crippen molar-refractivity contribution in [2.45, 2.75) is 44.0 Å². The second-order valence-corrected chi connectivity index (χ2v) is 6.83. The average molecular weight is 287 g/mol. The largest absolute Gasteiger partial charge is 0.481 e. The van der Waals surface area contributed by atoms with Gasteiger partial charge in [-0.25, -0.2) is 13.1 Å². The van der Waals surface area contributed by atoms with Crippen LogP contribution in [0.25, 0.3) is 0 Å². The van der Waals surface area contributed by atoms with Gasteiger partial charge in [-0.2, -0.15) is 5.10 Å². The number of aromatic nitrogens is 2. The zero-order chi connectivity index (χ0) is 14.3. The normalized spacial score (nSPS) is 27.6. The van der Waals surface area contributed by atoms with Crippen LogP contribution >= 0.6 is 0 Å². The van der Waals surface area contributed by atoms with Crippen LogP contribution in [-0.2, 0) is 14.8 Å². The highest BCUT2D eigenvalue weighted by atomic mass is 32.2. The number of carboxylic acid groups (broad SMARTS) is 1. The average Bonchev–Trinajstić information content (AvgIpc) is 2.87. The molecule has 3 N–H and O–H groups in total. The summed E-state index contributed by atoms with van der Waals surface area (Å²) < 4.78 is 26.9. The number of H-pyrrole nitrogens is 1. The van der Waals surface area contributed by atoms with E-state index in [2.05, 4.69) is 14.9 Å². The second-order valence-electron chi connectivity index (χ2n) is 5.15. The highest BCUT2D eigenvalue weighted by molar-refractivity contribution is 7.89. The summed E-state index contributed by atoms with van der Waals surface area (Å²) in [6, 6.07) is -0.593. The number of hydrogen-bond acceptors (Lipinski definition) is 4. The Morgan fingerprint density at radius 3 is 2.84 bits per heavy atom. The molecule has 1 aromatic rings. The van der Waals surface area contributed by atoms with E-state index in [1.54, 1.807) is 13.8 Å². The van der Waals surface area contributed by atoms with Crippen molar-refractivity contribution in [3.63, 3.8) is 0 Å². The molecule has 1 saturated carbocycles. The summed E-state index contributed by atoms with van der Waals surface area (Å²) in [6.45, 7) is 3.18. The Bertz CT molecular complexity index is 595. The van der Waals surface area contributed by atoms with E-state index in [0.717, 1.165) is 0 Å². The zero-order valence-corrected chi connectivity index (χ0v) is 11.6. The van der Waals surface area contributed by atoms with Gasteiger partial charge in [0.15, 0.2) is 0 Å². The van der Waals surface area contributed by atoms with Crippen molar-refractivity contribution in [1.82, 2.24) is 14.9 Å². The van der Waals surface area contributed by atoms with Crippen LogP contribution in [0.2, 0.25) is 0 Å². The molecule has 106 valence electrons. The third-order valence-electron chi connectivity index (χ3n) is 3.82. The molecule has 0 spiro atoms. The Balaban J connectivity index is 2.27. The monoisotopic (exact) mass is 287 g/mol. The van der Waals surface area contributed by atoms with E-state index in [1.165, 1.54) is 6.20 Å². The van der Waals surface area contributed by atoms with Gasteiger partial charge < -0.3 is 5.11 Å². The van der Waals surface area contributed by atoms with E-state index in [0.29, 0.717) is 25.0 Å². The van der Waals surface area contributed by atoms with Gasteiger partial charge in [0, 0.05) is 6.04 Å². The lowest BCUT2D eigenvalue weighted by atomic mass is 9.85. The SMILES string of the molecule is Cc1[nH]ncc1S(=O)(=O)NC1CCCC1(C)C(=O)O. The predicted molar refractivity (Wildman–Crippen MR) is 67.0 cm³/mol. The second kappa shape index (κ2) is 4.61. The van der Waals surface area contributed by atoms with E-state index >= 15 is 0 Å². The summed E-state index contributed by atoms with van der Waals surface area (Å²) in [5.74, 6) is -0.971. The van der Waals surface area contributed by atoms with Crippen LogP contribution in [0.15, 0.2) is 11.1 Å². The molecule has 1 fully saturated rings. The van der Waals surface area contributed by atoms with Gasteiger partial charge in [0.05, 0.1) is 17.3 Å². The molecule has 0 aliphatic heterocycles. The van der Waals surface area contributed by atoms with Crippen molar-refractivity contribution in [2.75, 3.05) is 0 Å². The Kier molecular flexibility index (Phi) is 3.40. The molecule has 1 aromatic heterocycles. The molecule has 0 aromatic carbocycles.